The van der Waals surface area contributed by atoms with Gasteiger partial charge in [0, 0.05) is 12.5 Å². The maximum atomic E-state index is 13.1. The Kier molecular flexibility index (Phi) is 9.93. The van der Waals surface area contributed by atoms with Crippen molar-refractivity contribution in [1.29, 1.82) is 0 Å². The van der Waals surface area contributed by atoms with E-state index in [-0.39, 0.29) is 30.1 Å². The first-order valence-corrected chi connectivity index (χ1v) is 11.5. The van der Waals surface area contributed by atoms with Crippen LogP contribution in [0.5, 0.6) is 0 Å². The lowest BCUT2D eigenvalue weighted by Crippen LogP contribution is -2.56. The number of rotatable bonds is 11. The van der Waals surface area contributed by atoms with Crippen LogP contribution in [0.3, 0.4) is 0 Å². The van der Waals surface area contributed by atoms with E-state index in [1.165, 1.54) is 0 Å². The van der Waals surface area contributed by atoms with Gasteiger partial charge in [0.05, 0.1) is 6.04 Å². The smallest absolute Gasteiger partial charge is 0.405 e. The van der Waals surface area contributed by atoms with Crippen molar-refractivity contribution in [2.45, 2.75) is 83.3 Å². The Balaban J connectivity index is 2.08. The molecule has 0 bridgehead atoms. The van der Waals surface area contributed by atoms with Gasteiger partial charge >= 0.3 is 6.09 Å². The van der Waals surface area contributed by atoms with Crippen molar-refractivity contribution in [2.75, 3.05) is 6.54 Å². The molecule has 0 spiro atoms. The molecule has 4 amide bonds. The minimum Gasteiger partial charge on any atom is -0.465 e. The third kappa shape index (κ3) is 7.80. The maximum Gasteiger partial charge on any atom is 0.405 e. The predicted octanol–water partition coefficient (Wildman–Crippen LogP) is 0.944. The molecule has 0 aromatic heterocycles. The number of carboxylic acid groups (broad SMARTS) is 1. The van der Waals surface area contributed by atoms with Crippen LogP contribution >= 0.6 is 0 Å². The Hall–Kier alpha value is -2.65. The Morgan fingerprint density at radius 1 is 1.03 bits per heavy atom. The zero-order valence-electron chi connectivity index (χ0n) is 18.9. The van der Waals surface area contributed by atoms with Crippen LogP contribution in [0.2, 0.25) is 0 Å². The van der Waals surface area contributed by atoms with Crippen molar-refractivity contribution in [3.8, 4) is 0 Å². The van der Waals surface area contributed by atoms with Gasteiger partial charge in [-0.15, -0.1) is 0 Å². The molecular formula is C22H36N4O6. The average molecular weight is 453 g/mol. The van der Waals surface area contributed by atoms with E-state index in [1.54, 1.807) is 13.8 Å². The highest BCUT2D eigenvalue weighted by Crippen LogP contribution is 2.27. The third-order valence-corrected chi connectivity index (χ3v) is 6.35. The predicted molar refractivity (Wildman–Crippen MR) is 117 cm³/mol. The standard InChI is InChI=1S/C22H36N4O6/c1-13(2)18(26-22(31)32)21(30)25-17(10-14-6-4-3-5-7-14)20(29)24-16(12-27)11-15-8-9-23-19(15)28/h12-18,26H,3-11H2,1-2H3,(H,23,28)(H,24,29)(H,25,30)(H,31,32). The van der Waals surface area contributed by atoms with Gasteiger partial charge in [0.2, 0.25) is 17.7 Å². The molecule has 0 aromatic rings. The third-order valence-electron chi connectivity index (χ3n) is 6.35. The molecule has 1 saturated heterocycles. The molecule has 4 atom stereocenters. The normalized spacial score (nSPS) is 21.8. The topological polar surface area (TPSA) is 154 Å². The molecule has 1 heterocycles. The van der Waals surface area contributed by atoms with Crippen LogP contribution in [-0.4, -0.2) is 59.9 Å². The molecule has 10 heteroatoms. The van der Waals surface area contributed by atoms with E-state index in [4.69, 9.17) is 5.11 Å². The fourth-order valence-electron chi connectivity index (χ4n) is 4.53. The largest absolute Gasteiger partial charge is 0.465 e. The lowest BCUT2D eigenvalue weighted by Gasteiger charge is -2.29. The van der Waals surface area contributed by atoms with Crippen LogP contribution in [0, 0.1) is 17.8 Å². The van der Waals surface area contributed by atoms with Gasteiger partial charge < -0.3 is 31.2 Å². The summed E-state index contributed by atoms with van der Waals surface area (Å²) in [7, 11) is 0. The van der Waals surface area contributed by atoms with E-state index in [9.17, 15) is 24.0 Å². The van der Waals surface area contributed by atoms with Gasteiger partial charge in [-0.2, -0.15) is 0 Å². The van der Waals surface area contributed by atoms with Gasteiger partial charge in [-0.1, -0.05) is 46.0 Å². The molecule has 0 aromatic carbocycles. The van der Waals surface area contributed by atoms with Crippen molar-refractivity contribution in [1.82, 2.24) is 21.3 Å². The second kappa shape index (κ2) is 12.4. The van der Waals surface area contributed by atoms with Crippen LogP contribution in [-0.2, 0) is 19.2 Å². The number of carbonyl (C=O) groups is 5. The number of nitrogens with one attached hydrogen (secondary N) is 4. The maximum absolute atomic E-state index is 13.1. The van der Waals surface area contributed by atoms with E-state index < -0.39 is 36.0 Å². The molecule has 4 unspecified atom stereocenters. The summed E-state index contributed by atoms with van der Waals surface area (Å²) in [5.74, 6) is -1.57. The fraction of sp³-hybridized carbons (Fsp3) is 0.773. The molecule has 32 heavy (non-hydrogen) atoms. The Morgan fingerprint density at radius 3 is 2.25 bits per heavy atom. The zero-order valence-corrected chi connectivity index (χ0v) is 18.9. The van der Waals surface area contributed by atoms with Crippen molar-refractivity contribution in [2.24, 2.45) is 17.8 Å². The first kappa shape index (κ1) is 25.6. The summed E-state index contributed by atoms with van der Waals surface area (Å²) < 4.78 is 0. The quantitative estimate of drug-likeness (QED) is 0.294. The minimum absolute atomic E-state index is 0.127. The van der Waals surface area contributed by atoms with Crippen molar-refractivity contribution < 1.29 is 29.1 Å². The van der Waals surface area contributed by atoms with Crippen LogP contribution in [0.25, 0.3) is 0 Å². The van der Waals surface area contributed by atoms with Gasteiger partial charge in [-0.25, -0.2) is 4.79 Å². The van der Waals surface area contributed by atoms with E-state index >= 15 is 0 Å². The monoisotopic (exact) mass is 452 g/mol. The summed E-state index contributed by atoms with van der Waals surface area (Å²) in [6.07, 6.45) is 5.73. The number of aldehydes is 1. The molecule has 2 fully saturated rings. The highest BCUT2D eigenvalue weighted by atomic mass is 16.4. The van der Waals surface area contributed by atoms with Gasteiger partial charge in [0.1, 0.15) is 18.4 Å². The highest BCUT2D eigenvalue weighted by Gasteiger charge is 2.33. The van der Waals surface area contributed by atoms with Gasteiger partial charge in [0.15, 0.2) is 0 Å². The summed E-state index contributed by atoms with van der Waals surface area (Å²) in [4.78, 5) is 60.4. The molecule has 1 aliphatic heterocycles. The molecule has 2 aliphatic rings. The summed E-state index contributed by atoms with van der Waals surface area (Å²) in [6.45, 7) is 3.98. The van der Waals surface area contributed by atoms with Crippen molar-refractivity contribution in [3.63, 3.8) is 0 Å². The summed E-state index contributed by atoms with van der Waals surface area (Å²) in [5, 5.41) is 19.4. The summed E-state index contributed by atoms with van der Waals surface area (Å²) >= 11 is 0. The van der Waals surface area contributed by atoms with E-state index in [2.05, 4.69) is 21.3 Å². The molecule has 1 aliphatic carbocycles. The number of hydrogen-bond donors (Lipinski definition) is 5. The first-order valence-electron chi connectivity index (χ1n) is 11.5. The van der Waals surface area contributed by atoms with Crippen molar-refractivity contribution in [3.05, 3.63) is 0 Å². The second-order valence-electron chi connectivity index (χ2n) is 9.24. The number of amides is 4. The van der Waals surface area contributed by atoms with Crippen LogP contribution in [0.1, 0.15) is 65.2 Å². The van der Waals surface area contributed by atoms with Crippen molar-refractivity contribution >= 4 is 30.1 Å². The lowest BCUT2D eigenvalue weighted by molar-refractivity contribution is -0.132. The van der Waals surface area contributed by atoms with Gasteiger partial charge in [-0.05, 0) is 31.1 Å². The Labute approximate surface area is 188 Å². The fourth-order valence-corrected chi connectivity index (χ4v) is 4.53. The average Bonchev–Trinajstić information content (AvgIpc) is 3.15. The Morgan fingerprint density at radius 2 is 1.72 bits per heavy atom. The molecule has 0 radical (unpaired) electrons. The second-order valence-corrected chi connectivity index (χ2v) is 9.24. The van der Waals surface area contributed by atoms with Crippen LogP contribution in [0.15, 0.2) is 0 Å². The van der Waals surface area contributed by atoms with Gasteiger partial charge in [-0.3, -0.25) is 14.4 Å². The van der Waals surface area contributed by atoms with Crippen LogP contribution in [0.4, 0.5) is 4.79 Å². The van der Waals surface area contributed by atoms with Crippen LogP contribution < -0.4 is 21.3 Å². The SMILES string of the molecule is CC(C)C(NC(=O)O)C(=O)NC(CC1CCCCC1)C(=O)NC(C=O)CC1CCNC1=O. The molecule has 180 valence electrons. The van der Waals surface area contributed by atoms with Gasteiger partial charge in [0.25, 0.3) is 0 Å². The summed E-state index contributed by atoms with van der Waals surface area (Å²) in [6, 6.07) is -2.72. The Bertz CT molecular complexity index is 692. The molecule has 10 nitrogen and oxygen atoms in total. The first-order chi connectivity index (χ1) is 15.2. The number of carbonyl (C=O) groups excluding carboxylic acids is 4. The van der Waals surface area contributed by atoms with E-state index in [0.29, 0.717) is 25.7 Å². The summed E-state index contributed by atoms with van der Waals surface area (Å²) in [5.41, 5.74) is 0. The molecule has 1 saturated carbocycles. The molecular weight excluding hydrogens is 416 g/mol. The minimum atomic E-state index is -1.32. The van der Waals surface area contributed by atoms with E-state index in [0.717, 1.165) is 32.1 Å². The van der Waals surface area contributed by atoms with E-state index in [1.807, 2.05) is 0 Å². The molecule has 2 rings (SSSR count). The lowest BCUT2D eigenvalue weighted by atomic mass is 9.84. The highest BCUT2D eigenvalue weighted by molar-refractivity contribution is 5.92. The zero-order chi connectivity index (χ0) is 23.7. The molecule has 5 N–H and O–H groups in total. The number of hydrogen-bond acceptors (Lipinski definition) is 5.